The van der Waals surface area contributed by atoms with Crippen molar-refractivity contribution in [2.75, 3.05) is 13.1 Å². The molecule has 0 saturated carbocycles. The van der Waals surface area contributed by atoms with Crippen LogP contribution in [-0.4, -0.2) is 27.9 Å². The number of aromatic nitrogens is 3. The van der Waals surface area contributed by atoms with Crippen molar-refractivity contribution < 1.29 is 0 Å². The number of nitrogens with zero attached hydrogens (tertiary/aromatic N) is 3. The van der Waals surface area contributed by atoms with Gasteiger partial charge in [0, 0.05) is 5.92 Å². The molecule has 1 fully saturated rings. The van der Waals surface area contributed by atoms with Crippen LogP contribution in [0.3, 0.4) is 0 Å². The number of hydrogen-bond donors (Lipinski definition) is 1. The molecule has 4 nitrogen and oxygen atoms in total. The van der Waals surface area contributed by atoms with Crippen LogP contribution in [0, 0.1) is 6.92 Å². The van der Waals surface area contributed by atoms with E-state index in [1.54, 1.807) is 0 Å². The molecule has 0 aliphatic carbocycles. The van der Waals surface area contributed by atoms with Crippen molar-refractivity contribution in [3.63, 3.8) is 0 Å². The Balaban J connectivity index is 1.82. The Labute approximate surface area is 113 Å². The molecule has 0 unspecified atom stereocenters. The molecule has 4 heteroatoms. The van der Waals surface area contributed by atoms with Crippen LogP contribution in [-0.2, 0) is 6.54 Å². The summed E-state index contributed by atoms with van der Waals surface area (Å²) in [7, 11) is 0. The van der Waals surface area contributed by atoms with Crippen molar-refractivity contribution in [2.24, 2.45) is 0 Å². The van der Waals surface area contributed by atoms with Crippen LogP contribution in [0.15, 0.2) is 30.6 Å². The predicted molar refractivity (Wildman–Crippen MR) is 75.1 cm³/mol. The van der Waals surface area contributed by atoms with E-state index in [9.17, 15) is 0 Å². The van der Waals surface area contributed by atoms with Gasteiger partial charge in [-0.1, -0.05) is 24.3 Å². The Hall–Kier alpha value is -1.68. The predicted octanol–water partition coefficient (Wildman–Crippen LogP) is 2.10. The number of rotatable bonds is 3. The minimum absolute atomic E-state index is 0.549. The fourth-order valence-corrected chi connectivity index (χ4v) is 2.75. The first-order valence-corrected chi connectivity index (χ1v) is 6.97. The molecular formula is C15H20N4. The summed E-state index contributed by atoms with van der Waals surface area (Å²) in [5.41, 5.74) is 2.67. The molecule has 0 atom stereocenters. The Kier molecular flexibility index (Phi) is 3.60. The lowest BCUT2D eigenvalue weighted by Gasteiger charge is -2.22. The third kappa shape index (κ3) is 2.68. The second-order valence-electron chi connectivity index (χ2n) is 5.27. The minimum Gasteiger partial charge on any atom is -0.317 e. The molecule has 2 heterocycles. The zero-order valence-corrected chi connectivity index (χ0v) is 11.3. The van der Waals surface area contributed by atoms with Crippen LogP contribution >= 0.6 is 0 Å². The highest BCUT2D eigenvalue weighted by Gasteiger charge is 2.20. The molecular weight excluding hydrogens is 236 g/mol. The van der Waals surface area contributed by atoms with Crippen LogP contribution in [0.2, 0.25) is 0 Å². The molecule has 1 aromatic carbocycles. The van der Waals surface area contributed by atoms with Crippen molar-refractivity contribution >= 4 is 0 Å². The van der Waals surface area contributed by atoms with Crippen LogP contribution < -0.4 is 5.32 Å². The molecule has 0 spiro atoms. The van der Waals surface area contributed by atoms with E-state index in [1.165, 1.54) is 11.1 Å². The lowest BCUT2D eigenvalue weighted by molar-refractivity contribution is 0.433. The molecule has 1 saturated heterocycles. The molecule has 0 bridgehead atoms. The summed E-state index contributed by atoms with van der Waals surface area (Å²) in [6, 6.07) is 8.51. The van der Waals surface area contributed by atoms with E-state index in [0.717, 1.165) is 38.3 Å². The quantitative estimate of drug-likeness (QED) is 0.914. The summed E-state index contributed by atoms with van der Waals surface area (Å²) in [4.78, 5) is 0. The maximum atomic E-state index is 4.35. The molecule has 2 aromatic rings. The molecule has 0 radical (unpaired) electrons. The average molecular weight is 256 g/mol. The monoisotopic (exact) mass is 256 g/mol. The van der Waals surface area contributed by atoms with Crippen LogP contribution in [0.5, 0.6) is 0 Å². The minimum atomic E-state index is 0.549. The van der Waals surface area contributed by atoms with E-state index in [-0.39, 0.29) is 0 Å². The molecule has 1 aliphatic rings. The zero-order chi connectivity index (χ0) is 13.1. The Bertz CT molecular complexity index is 541. The summed E-state index contributed by atoms with van der Waals surface area (Å²) < 4.78 is 2.21. The number of benzene rings is 1. The second kappa shape index (κ2) is 5.53. The van der Waals surface area contributed by atoms with Crippen molar-refractivity contribution in [3.8, 4) is 0 Å². The number of aryl methyl sites for hydroxylation is 1. The fraction of sp³-hybridized carbons (Fsp3) is 0.467. The summed E-state index contributed by atoms with van der Waals surface area (Å²) in [5, 5.41) is 11.9. The van der Waals surface area contributed by atoms with Gasteiger partial charge in [-0.15, -0.1) is 10.2 Å². The Morgan fingerprint density at radius 1 is 1.26 bits per heavy atom. The lowest BCUT2D eigenvalue weighted by Crippen LogP contribution is -2.28. The van der Waals surface area contributed by atoms with Gasteiger partial charge in [-0.05, 0) is 44.0 Å². The van der Waals surface area contributed by atoms with Crippen molar-refractivity contribution in [3.05, 3.63) is 47.5 Å². The van der Waals surface area contributed by atoms with Gasteiger partial charge in [0.2, 0.25) is 0 Å². The average Bonchev–Trinajstić information content (AvgIpc) is 2.91. The highest BCUT2D eigenvalue weighted by atomic mass is 15.3. The van der Waals surface area contributed by atoms with Gasteiger partial charge in [0.15, 0.2) is 0 Å². The maximum absolute atomic E-state index is 4.35. The third-order valence-corrected chi connectivity index (χ3v) is 3.95. The maximum Gasteiger partial charge on any atom is 0.136 e. The standard InChI is InChI=1S/C15H20N4/c1-12-4-2-3-5-14(12)10-19-11-17-18-15(19)13-6-8-16-9-7-13/h2-5,11,13,16H,6-10H2,1H3. The third-order valence-electron chi connectivity index (χ3n) is 3.95. The highest BCUT2D eigenvalue weighted by Crippen LogP contribution is 2.24. The number of hydrogen-bond acceptors (Lipinski definition) is 3. The van der Waals surface area contributed by atoms with Gasteiger partial charge in [-0.2, -0.15) is 0 Å². The lowest BCUT2D eigenvalue weighted by atomic mass is 9.97. The molecule has 3 rings (SSSR count). The smallest absolute Gasteiger partial charge is 0.136 e. The van der Waals surface area contributed by atoms with Gasteiger partial charge in [0.25, 0.3) is 0 Å². The molecule has 1 N–H and O–H groups in total. The van der Waals surface area contributed by atoms with E-state index in [2.05, 4.69) is 51.3 Å². The molecule has 1 aromatic heterocycles. The molecule has 100 valence electrons. The van der Waals surface area contributed by atoms with Crippen LogP contribution in [0.1, 0.15) is 35.7 Å². The van der Waals surface area contributed by atoms with Crippen molar-refractivity contribution in [1.29, 1.82) is 0 Å². The first-order valence-electron chi connectivity index (χ1n) is 6.97. The molecule has 0 amide bonds. The van der Waals surface area contributed by atoms with E-state index < -0.39 is 0 Å². The largest absolute Gasteiger partial charge is 0.317 e. The Morgan fingerprint density at radius 3 is 2.84 bits per heavy atom. The highest BCUT2D eigenvalue weighted by molar-refractivity contribution is 5.26. The van der Waals surface area contributed by atoms with E-state index >= 15 is 0 Å². The summed E-state index contributed by atoms with van der Waals surface area (Å²) in [5.74, 6) is 1.69. The van der Waals surface area contributed by atoms with E-state index in [4.69, 9.17) is 0 Å². The van der Waals surface area contributed by atoms with E-state index in [1.807, 2.05) is 6.33 Å². The topological polar surface area (TPSA) is 42.7 Å². The van der Waals surface area contributed by atoms with Gasteiger partial charge >= 0.3 is 0 Å². The van der Waals surface area contributed by atoms with Gasteiger partial charge in [-0.25, -0.2) is 0 Å². The number of piperidine rings is 1. The van der Waals surface area contributed by atoms with Crippen molar-refractivity contribution in [2.45, 2.75) is 32.2 Å². The summed E-state index contributed by atoms with van der Waals surface area (Å²) in [6.07, 6.45) is 4.18. The van der Waals surface area contributed by atoms with Crippen molar-refractivity contribution in [1.82, 2.24) is 20.1 Å². The van der Waals surface area contributed by atoms with Gasteiger partial charge in [0.05, 0.1) is 6.54 Å². The van der Waals surface area contributed by atoms with Gasteiger partial charge in [0.1, 0.15) is 12.2 Å². The summed E-state index contributed by atoms with van der Waals surface area (Å²) in [6.45, 7) is 5.20. The van der Waals surface area contributed by atoms with E-state index in [0.29, 0.717) is 5.92 Å². The Morgan fingerprint density at radius 2 is 2.05 bits per heavy atom. The molecule has 19 heavy (non-hydrogen) atoms. The van der Waals surface area contributed by atoms with Gasteiger partial charge < -0.3 is 9.88 Å². The van der Waals surface area contributed by atoms with Crippen LogP contribution in [0.4, 0.5) is 0 Å². The summed E-state index contributed by atoms with van der Waals surface area (Å²) >= 11 is 0. The SMILES string of the molecule is Cc1ccccc1Cn1cnnc1C1CCNCC1. The number of nitrogens with one attached hydrogen (secondary N) is 1. The normalized spacial score (nSPS) is 16.7. The van der Waals surface area contributed by atoms with Crippen LogP contribution in [0.25, 0.3) is 0 Å². The first kappa shape index (κ1) is 12.4. The van der Waals surface area contributed by atoms with Gasteiger partial charge in [-0.3, -0.25) is 0 Å². The first-order chi connectivity index (χ1) is 9.34. The molecule has 1 aliphatic heterocycles. The second-order valence-corrected chi connectivity index (χ2v) is 5.27. The fourth-order valence-electron chi connectivity index (χ4n) is 2.75. The zero-order valence-electron chi connectivity index (χ0n) is 11.3.